The summed E-state index contributed by atoms with van der Waals surface area (Å²) in [5.74, 6) is -1.28. The molecule has 8 heterocycles. The van der Waals surface area contributed by atoms with Crippen molar-refractivity contribution < 1.29 is 198 Å². The molecule has 0 saturated carbocycles. The van der Waals surface area contributed by atoms with Gasteiger partial charge in [-0.2, -0.15) is 0 Å². The van der Waals surface area contributed by atoms with Gasteiger partial charge in [-0.3, -0.25) is 0 Å². The maximum absolute atomic E-state index is 11.7. The molecule has 44 heteroatoms. The summed E-state index contributed by atoms with van der Waals surface area (Å²) >= 11 is 3.50. The van der Waals surface area contributed by atoms with Crippen molar-refractivity contribution in [2.45, 2.75) is 339 Å². The molecule has 8 saturated heterocycles. The number of allylic oxidation sites excluding steroid dienone is 9. The van der Waals surface area contributed by atoms with E-state index in [0.717, 1.165) is 60.1 Å². The van der Waals surface area contributed by atoms with Crippen LogP contribution in [0.4, 0.5) is 0 Å². The molecule has 132 heavy (non-hydrogen) atoms. The lowest BCUT2D eigenvalue weighted by Gasteiger charge is -2.49. The lowest BCUT2D eigenvalue weighted by molar-refractivity contribution is -0.387. The molecule has 0 aromatic heterocycles. The molecule has 0 bridgehead atoms. The predicted molar refractivity (Wildman–Crippen MR) is 485 cm³/mol. The summed E-state index contributed by atoms with van der Waals surface area (Å²) in [6.07, 6.45) is -39.9. The lowest BCUT2D eigenvalue weighted by atomic mass is 9.90. The zero-order valence-corrected chi connectivity index (χ0v) is 80.7. The fourth-order valence-electron chi connectivity index (χ4n) is 18.2. The zero-order chi connectivity index (χ0) is 98.1. The van der Waals surface area contributed by atoms with Crippen LogP contribution >= 0.6 is 15.9 Å². The van der Waals surface area contributed by atoms with Crippen molar-refractivity contribution in [2.24, 2.45) is 11.8 Å². The van der Waals surface area contributed by atoms with Gasteiger partial charge in [-0.05, 0) is 73.7 Å². The van der Waals surface area contributed by atoms with E-state index >= 15 is 0 Å². The number of rotatable bonds is 53. The van der Waals surface area contributed by atoms with Crippen LogP contribution in [0.25, 0.3) is 0 Å². The average molecular weight is 2020 g/mol. The van der Waals surface area contributed by atoms with E-state index in [-0.39, 0.29) is 19.8 Å². The van der Waals surface area contributed by atoms with Gasteiger partial charge < -0.3 is 198 Å². The fourth-order valence-corrected chi connectivity index (χ4v) is 30.6. The highest BCUT2D eigenvalue weighted by Gasteiger charge is 2.59. The molecule has 22 N–H and O–H groups in total. The highest BCUT2D eigenvalue weighted by Crippen LogP contribution is 2.41. The minimum Gasteiger partial charge on any atom is -0.394 e. The number of halogens is 1. The summed E-state index contributed by atoms with van der Waals surface area (Å²) in [6.45, 7) is 34.4. The Bertz CT molecular complexity index is 3250. The minimum atomic E-state index is -1.96. The second-order valence-corrected chi connectivity index (χ2v) is 50.1. The Morgan fingerprint density at radius 2 is 0.447 bits per heavy atom. The van der Waals surface area contributed by atoms with Gasteiger partial charge in [0, 0.05) is 44.6 Å². The van der Waals surface area contributed by atoms with Crippen LogP contribution < -0.4 is 0 Å². The van der Waals surface area contributed by atoms with Crippen LogP contribution in [-0.2, 0) is 85.3 Å². The van der Waals surface area contributed by atoms with Gasteiger partial charge >= 0.3 is 0 Å². The third-order valence-electron chi connectivity index (χ3n) is 25.9. The van der Waals surface area contributed by atoms with Gasteiger partial charge in [0.15, 0.2) is 50.3 Å². The molecule has 16 unspecified atom stereocenters. The monoisotopic (exact) mass is 2010 g/mol. The van der Waals surface area contributed by atoms with Crippen molar-refractivity contribution in [3.63, 3.8) is 0 Å². The quantitative estimate of drug-likeness (QED) is 0.0135. The first kappa shape index (κ1) is 118. The van der Waals surface area contributed by atoms with Crippen molar-refractivity contribution in [1.29, 1.82) is 0 Å². The Kier molecular flexibility index (Phi) is 52.3. The number of ether oxygens (including phenoxy) is 18. The highest BCUT2D eigenvalue weighted by molar-refractivity contribution is 9.09. The Balaban J connectivity index is 0.000000378. The smallest absolute Gasteiger partial charge is 0.187 e. The van der Waals surface area contributed by atoms with Gasteiger partial charge in [-0.25, -0.2) is 0 Å². The summed E-state index contributed by atoms with van der Waals surface area (Å²) in [6, 6.07) is 12.0. The third-order valence-corrected chi connectivity index (χ3v) is 41.1. The number of aliphatic hydroxyl groups is 22. The first-order valence-electron chi connectivity index (χ1n) is 45.0. The van der Waals surface area contributed by atoms with E-state index in [4.69, 9.17) is 85.3 Å². The molecule has 0 spiro atoms. The zero-order valence-electron chi connectivity index (χ0n) is 76.1. The predicted octanol–water partition coefficient (Wildman–Crippen LogP) is -2.02. The molecule has 0 aromatic carbocycles. The molecule has 0 aliphatic carbocycles. The summed E-state index contributed by atoms with van der Waals surface area (Å²) in [5.41, 5.74) is 0. The largest absolute Gasteiger partial charge is 0.394 e. The van der Waals surface area contributed by atoms with Crippen molar-refractivity contribution >= 4 is 40.2 Å². The van der Waals surface area contributed by atoms with E-state index in [9.17, 15) is 112 Å². The second kappa shape index (κ2) is 58.6. The molecular formula is C88H153BrO40Si3. The number of hydrogen-bond donors (Lipinski definition) is 22. The molecule has 8 aliphatic heterocycles. The van der Waals surface area contributed by atoms with Crippen molar-refractivity contribution in [2.75, 3.05) is 85.6 Å². The van der Waals surface area contributed by atoms with Gasteiger partial charge in [0.05, 0.1) is 101 Å². The Labute approximate surface area is 784 Å². The van der Waals surface area contributed by atoms with Gasteiger partial charge in [0.25, 0.3) is 0 Å². The number of hydrogen-bond acceptors (Lipinski definition) is 40. The van der Waals surface area contributed by atoms with Crippen molar-refractivity contribution in [3.8, 4) is 0 Å². The van der Waals surface area contributed by atoms with Crippen LogP contribution in [0.5, 0.6) is 0 Å². The topological polar surface area (TPSA) is 611 Å². The van der Waals surface area contributed by atoms with Crippen molar-refractivity contribution in [3.05, 3.63) is 114 Å². The van der Waals surface area contributed by atoms with Gasteiger partial charge in [-0.15, -0.1) is 59.2 Å². The van der Waals surface area contributed by atoms with E-state index in [1.54, 1.807) is 6.92 Å². The van der Waals surface area contributed by atoms with Crippen LogP contribution in [0.3, 0.4) is 0 Å². The first-order chi connectivity index (χ1) is 63.0. The summed E-state index contributed by atoms with van der Waals surface area (Å²) in [5, 5.41) is 236. The Morgan fingerprint density at radius 1 is 0.258 bits per heavy atom. The summed E-state index contributed by atoms with van der Waals surface area (Å²) < 4.78 is 103. The molecule has 764 valence electrons. The molecule has 40 atom stereocenters. The molecule has 40 nitrogen and oxygen atoms in total. The van der Waals surface area contributed by atoms with Crippen LogP contribution in [0.1, 0.15) is 33.1 Å². The fraction of sp³-hybridized carbons (Fsp3) is 0.795. The number of aliphatic hydroxyl groups excluding tert-OH is 22. The number of alkyl halides is 1. The van der Waals surface area contributed by atoms with Crippen molar-refractivity contribution in [1.82, 2.24) is 0 Å². The van der Waals surface area contributed by atoms with Gasteiger partial charge in [-0.1, -0.05) is 103 Å². The van der Waals surface area contributed by atoms with E-state index in [1.807, 2.05) is 36.5 Å². The minimum absolute atomic E-state index is 0.0412. The Hall–Kier alpha value is -2.81. The van der Waals surface area contributed by atoms with Gasteiger partial charge in [0.2, 0.25) is 0 Å². The SMILES string of the molecule is C=CC[Si](CC=C)(CC=C)CCCBr.C=CC[Si](CC=C)(CC=C)CCCOCC1O[C@@H](O[C@@H]2C(CO)O[C@@H](O[C@@H]3C(COCCC[Si](CC=C)(CC=C)CC=C)O[C@@H](O[C@@H]4C(CO)O[C@@H](OC)[C@@H](O)C4O)[C@@H](O)C3O)[C@@H](O)C2O)[C@@H](O)C(O)[C@@H]1C.CO[C@@H]1OC(CO)[C@@H](O[C@@H]2OC(CO)[C@@H](O[C@@H]3OC(CO)[C@@H](O[C@@H]4OC(CO)[C@@H](C)C(O)[C@@H]4O)C(O)[C@@H]3O)C(O)[C@@H]2O)C(O)[C@@H]1O. The van der Waals surface area contributed by atoms with Crippen LogP contribution in [0, 0.1) is 11.8 Å². The molecule has 8 aliphatic rings. The molecule has 8 fully saturated rings. The third kappa shape index (κ3) is 30.9. The summed E-state index contributed by atoms with van der Waals surface area (Å²) in [4.78, 5) is 0. The highest BCUT2D eigenvalue weighted by atomic mass is 79.9. The van der Waals surface area contributed by atoms with Gasteiger partial charge in [0.1, 0.15) is 159 Å². The first-order valence-corrected chi connectivity index (χ1v) is 54.6. The summed E-state index contributed by atoms with van der Waals surface area (Å²) in [7, 11) is -2.44. The second-order valence-electron chi connectivity index (χ2n) is 35.2. The maximum atomic E-state index is 11.7. The van der Waals surface area contributed by atoms with Crippen LogP contribution in [0.2, 0.25) is 72.5 Å². The molecular weight excluding hydrogens is 1860 g/mol. The molecule has 0 amide bonds. The molecule has 0 aromatic rings. The molecule has 8 rings (SSSR count). The standard InChI is InChI=1S/C50H86O20Si2.C26H46O20.C12H21BrSi/c1-9-19-71(20-10-2,21-11-3)25-15-17-62-29-34-31(7)36(53)40(57)48(66-34)68-45-33(28-52)65-49(42(59)38(45)55)70-46-35(30-63-18-16-26-72(22-12-4,23-13-5)24-14-6)67-50(43(60)39(46)56)69-44-32(27-51)64-47(61-8)41(58)37(44)54;1-7-8(3-27)40-24(16(35)12(7)31)44-21-10(5-29)42-26(18(37)14(21)33)46-22-11(6-30)43-25(19(38)15(22)34)45-20-9(4-28)41-23(39-2)17(36)13(20)32;1-4-9-14(10-5-2,11-6-3)12-7-8-13/h9-14,31-60H,1-6,15-30H2,7-8H3;7-38H,3-6H2,1-2H3;4-6H,1-3,7-12H2/t31-,32?,33?,34?,35?,36?,37?,38?,39?,40+,41+,42+,43+,44-,45-,46-,47-,48+,49+,50+;7-,8?,9?,10?,11?,12?,13?,14?,15?,16+,17+,18+,19+,20-,21-,22-,23-,24+,25+,26+;/m11./s1. The van der Waals surface area contributed by atoms with Crippen LogP contribution in [0.15, 0.2) is 114 Å². The maximum Gasteiger partial charge on any atom is 0.187 e. The molecule has 0 radical (unpaired) electrons. The van der Waals surface area contributed by atoms with Crippen LogP contribution in [-0.4, -0.2) is 456 Å². The van der Waals surface area contributed by atoms with E-state index in [0.29, 0.717) is 13.0 Å². The van der Waals surface area contributed by atoms with E-state index in [1.165, 1.54) is 51.7 Å². The number of methoxy groups -OCH3 is 2. The normalized spacial score (nSPS) is 39.8. The van der Waals surface area contributed by atoms with E-state index < -0.39 is 309 Å². The lowest BCUT2D eigenvalue weighted by Crippen LogP contribution is -2.67. The Morgan fingerprint density at radius 3 is 0.682 bits per heavy atom. The average Bonchev–Trinajstić information content (AvgIpc) is 0.783. The van der Waals surface area contributed by atoms with E-state index in [2.05, 4.69) is 93.4 Å².